The van der Waals surface area contributed by atoms with Crippen LogP contribution in [0.1, 0.15) is 11.1 Å². The van der Waals surface area contributed by atoms with Gasteiger partial charge in [0, 0.05) is 27.2 Å². The quantitative estimate of drug-likeness (QED) is 0.224. The van der Waals surface area contributed by atoms with Gasteiger partial charge >= 0.3 is 0 Å². The van der Waals surface area contributed by atoms with Gasteiger partial charge < -0.3 is 13.7 Å². The largest absolute Gasteiger partial charge is 0.456 e. The highest BCUT2D eigenvalue weighted by Crippen LogP contribution is 2.39. The summed E-state index contributed by atoms with van der Waals surface area (Å²) in [5.74, 6) is 0. The fraction of sp³-hybridized carbons (Fsp3) is 0.0526. The zero-order valence-corrected chi connectivity index (χ0v) is 22.3. The molecule has 41 heavy (non-hydrogen) atoms. The van der Waals surface area contributed by atoms with Crippen LogP contribution in [0, 0.1) is 0 Å². The highest BCUT2D eigenvalue weighted by molar-refractivity contribution is 6.09. The molecular formula is C38H25NO2. The molecule has 8 aromatic rings. The Morgan fingerprint density at radius 2 is 1.12 bits per heavy atom. The van der Waals surface area contributed by atoms with E-state index in [4.69, 9.17) is 9.15 Å². The third kappa shape index (κ3) is 3.43. The van der Waals surface area contributed by atoms with Crippen LogP contribution in [0.3, 0.4) is 0 Å². The summed E-state index contributed by atoms with van der Waals surface area (Å²) >= 11 is 0. The van der Waals surface area contributed by atoms with Crippen LogP contribution >= 0.6 is 0 Å². The van der Waals surface area contributed by atoms with Crippen molar-refractivity contribution in [2.45, 2.75) is 13.2 Å². The van der Waals surface area contributed by atoms with Crippen LogP contribution < -0.4 is 0 Å². The van der Waals surface area contributed by atoms with E-state index in [1.54, 1.807) is 0 Å². The lowest BCUT2D eigenvalue weighted by molar-refractivity contribution is 0.110. The van der Waals surface area contributed by atoms with Crippen LogP contribution in [-0.4, -0.2) is 4.57 Å². The van der Waals surface area contributed by atoms with Crippen LogP contribution in [0.2, 0.25) is 0 Å². The van der Waals surface area contributed by atoms with Crippen LogP contribution in [0.25, 0.3) is 71.7 Å². The van der Waals surface area contributed by atoms with Crippen molar-refractivity contribution in [1.29, 1.82) is 0 Å². The van der Waals surface area contributed by atoms with Crippen molar-refractivity contribution in [3.63, 3.8) is 0 Å². The van der Waals surface area contributed by atoms with Gasteiger partial charge in [-0.2, -0.15) is 0 Å². The number of nitrogens with zero attached hydrogens (tertiary/aromatic N) is 1. The second kappa shape index (κ2) is 8.69. The molecule has 0 saturated heterocycles. The van der Waals surface area contributed by atoms with E-state index in [0.717, 1.165) is 33.2 Å². The lowest BCUT2D eigenvalue weighted by atomic mass is 9.92. The summed E-state index contributed by atoms with van der Waals surface area (Å²) < 4.78 is 14.8. The summed E-state index contributed by atoms with van der Waals surface area (Å²) in [5.41, 5.74) is 12.6. The first-order valence-electron chi connectivity index (χ1n) is 14.1. The molecule has 3 heteroatoms. The van der Waals surface area contributed by atoms with Gasteiger partial charge in [-0.1, -0.05) is 78.9 Å². The van der Waals surface area contributed by atoms with Gasteiger partial charge in [0.2, 0.25) is 0 Å². The number of ether oxygens (including phenoxy) is 1. The second-order valence-corrected chi connectivity index (χ2v) is 10.9. The Labute approximate surface area is 236 Å². The van der Waals surface area contributed by atoms with Gasteiger partial charge in [0.15, 0.2) is 0 Å². The first kappa shape index (κ1) is 22.7. The number of para-hydroxylation sites is 3. The first-order chi connectivity index (χ1) is 20.3. The number of hydrogen-bond donors (Lipinski definition) is 0. The maximum atomic E-state index is 6.21. The SMILES string of the molecule is c1ccc2c(c1)oc1cc(-c3ccc4c(c3)-c3ccc(-n5c6ccccc6c6ccccc65)cc3COC4)ccc12. The number of fused-ring (bicyclic) bond motifs is 9. The Bertz CT molecular complexity index is 2250. The Morgan fingerprint density at radius 3 is 1.95 bits per heavy atom. The summed E-state index contributed by atoms with van der Waals surface area (Å²) in [6, 6.07) is 45.6. The van der Waals surface area contributed by atoms with E-state index in [9.17, 15) is 0 Å². The van der Waals surface area contributed by atoms with E-state index in [0.29, 0.717) is 13.2 Å². The van der Waals surface area contributed by atoms with Gasteiger partial charge in [-0.25, -0.2) is 0 Å². The van der Waals surface area contributed by atoms with Crippen molar-refractivity contribution in [2.75, 3.05) is 0 Å². The molecule has 0 unspecified atom stereocenters. The second-order valence-electron chi connectivity index (χ2n) is 10.9. The van der Waals surface area contributed by atoms with Crippen LogP contribution in [-0.2, 0) is 18.0 Å². The summed E-state index contributed by atoms with van der Waals surface area (Å²) in [6.45, 7) is 1.17. The van der Waals surface area contributed by atoms with Gasteiger partial charge in [0.1, 0.15) is 11.2 Å². The van der Waals surface area contributed by atoms with E-state index in [2.05, 4.69) is 120 Å². The molecule has 0 fully saturated rings. The van der Waals surface area contributed by atoms with Crippen molar-refractivity contribution >= 4 is 43.7 Å². The average molecular weight is 528 g/mol. The molecule has 9 rings (SSSR count). The minimum Gasteiger partial charge on any atom is -0.456 e. The molecule has 0 atom stereocenters. The minimum absolute atomic E-state index is 0.579. The van der Waals surface area contributed by atoms with E-state index in [1.165, 1.54) is 49.6 Å². The Kier molecular flexibility index (Phi) is 4.80. The molecule has 0 radical (unpaired) electrons. The van der Waals surface area contributed by atoms with Crippen molar-refractivity contribution in [3.05, 3.63) is 139 Å². The molecule has 1 aliphatic rings. The third-order valence-corrected chi connectivity index (χ3v) is 8.55. The summed E-state index contributed by atoms with van der Waals surface area (Å²) in [7, 11) is 0. The lowest BCUT2D eigenvalue weighted by Crippen LogP contribution is -1.97. The maximum Gasteiger partial charge on any atom is 0.136 e. The van der Waals surface area contributed by atoms with Gasteiger partial charge in [0.05, 0.1) is 24.2 Å². The van der Waals surface area contributed by atoms with Gasteiger partial charge in [0.25, 0.3) is 0 Å². The highest BCUT2D eigenvalue weighted by atomic mass is 16.5. The van der Waals surface area contributed by atoms with Crippen molar-refractivity contribution in [1.82, 2.24) is 4.57 Å². The highest BCUT2D eigenvalue weighted by Gasteiger charge is 2.19. The molecular weight excluding hydrogens is 502 g/mol. The zero-order valence-electron chi connectivity index (χ0n) is 22.3. The molecule has 3 nitrogen and oxygen atoms in total. The summed E-state index contributed by atoms with van der Waals surface area (Å²) in [4.78, 5) is 0. The molecule has 0 amide bonds. The Hall–Kier alpha value is -5.12. The third-order valence-electron chi connectivity index (χ3n) is 8.55. The van der Waals surface area contributed by atoms with E-state index < -0.39 is 0 Å². The lowest BCUT2D eigenvalue weighted by Gasteiger charge is -2.14. The molecule has 0 aliphatic carbocycles. The van der Waals surface area contributed by atoms with Crippen LogP contribution in [0.15, 0.2) is 132 Å². The molecule has 194 valence electrons. The summed E-state index contributed by atoms with van der Waals surface area (Å²) in [5, 5.41) is 4.84. The molecule has 0 N–H and O–H groups in total. The smallest absolute Gasteiger partial charge is 0.136 e. The van der Waals surface area contributed by atoms with E-state index in [1.807, 2.05) is 12.1 Å². The number of aromatic nitrogens is 1. The number of benzene rings is 6. The van der Waals surface area contributed by atoms with Gasteiger partial charge in [-0.05, 0) is 81.9 Å². The molecule has 0 bridgehead atoms. The monoisotopic (exact) mass is 527 g/mol. The molecule has 0 spiro atoms. The molecule has 3 heterocycles. The molecule has 6 aromatic carbocycles. The number of hydrogen-bond acceptors (Lipinski definition) is 2. The van der Waals surface area contributed by atoms with Crippen molar-refractivity contribution in [2.24, 2.45) is 0 Å². The van der Waals surface area contributed by atoms with Crippen LogP contribution in [0.5, 0.6) is 0 Å². The Balaban J connectivity index is 1.18. The molecule has 1 aliphatic heterocycles. The topological polar surface area (TPSA) is 27.3 Å². The zero-order chi connectivity index (χ0) is 26.9. The van der Waals surface area contributed by atoms with Crippen molar-refractivity contribution in [3.8, 4) is 27.9 Å². The number of furan rings is 1. The average Bonchev–Trinajstić information content (AvgIpc) is 3.50. The first-order valence-corrected chi connectivity index (χ1v) is 14.1. The predicted molar refractivity (Wildman–Crippen MR) is 167 cm³/mol. The maximum absolute atomic E-state index is 6.21. The minimum atomic E-state index is 0.579. The van der Waals surface area contributed by atoms with Gasteiger partial charge in [-0.15, -0.1) is 0 Å². The van der Waals surface area contributed by atoms with Gasteiger partial charge in [-0.3, -0.25) is 0 Å². The standard InChI is InChI=1S/C38H25NO2/c1-4-10-35-30(7-1)31-8-2-5-11-36(31)39(35)28-16-18-29-27(19-28)23-40-22-26-14-13-24(20-34(26)29)25-15-17-33-32-9-3-6-12-37(32)41-38(33)21-25/h1-21H,22-23H2. The fourth-order valence-electron chi connectivity index (χ4n) is 6.61. The van der Waals surface area contributed by atoms with Crippen LogP contribution in [0.4, 0.5) is 0 Å². The Morgan fingerprint density at radius 1 is 0.463 bits per heavy atom. The molecule has 2 aromatic heterocycles. The normalized spacial score (nSPS) is 13.1. The number of rotatable bonds is 2. The van der Waals surface area contributed by atoms with Crippen molar-refractivity contribution < 1.29 is 9.15 Å². The predicted octanol–water partition coefficient (Wildman–Crippen LogP) is 10.0. The van der Waals surface area contributed by atoms with E-state index in [-0.39, 0.29) is 0 Å². The van der Waals surface area contributed by atoms with E-state index >= 15 is 0 Å². The molecule has 0 saturated carbocycles. The summed E-state index contributed by atoms with van der Waals surface area (Å²) in [6.07, 6.45) is 0. The fourth-order valence-corrected chi connectivity index (χ4v) is 6.61.